The Morgan fingerprint density at radius 1 is 1.67 bits per heavy atom. The zero-order valence-corrected chi connectivity index (χ0v) is 6.83. The van der Waals surface area contributed by atoms with Gasteiger partial charge in [-0.15, -0.1) is 0 Å². The van der Waals surface area contributed by atoms with Crippen molar-refractivity contribution in [1.82, 2.24) is 5.32 Å². The van der Waals surface area contributed by atoms with Crippen LogP contribution in [0.4, 0.5) is 0 Å². The molecule has 1 aliphatic heterocycles. The number of aliphatic imine (C=N–C) groups is 1. The molecule has 0 bridgehead atoms. The number of hydrogen-bond donors (Lipinski definition) is 2. The molecule has 3 N–H and O–H groups in total. The van der Waals surface area contributed by atoms with Crippen molar-refractivity contribution in [3.8, 4) is 0 Å². The van der Waals surface area contributed by atoms with Crippen LogP contribution in [-0.4, -0.2) is 23.7 Å². The summed E-state index contributed by atoms with van der Waals surface area (Å²) >= 11 is 0. The minimum Gasteiger partial charge on any atom is -0.388 e. The number of nitrogens with two attached hydrogens (primary N) is 1. The zero-order chi connectivity index (χ0) is 9.14. The minimum atomic E-state index is -0.479. The second kappa shape index (κ2) is 3.34. The number of rotatable bonds is 1. The molecule has 1 fully saturated rings. The van der Waals surface area contributed by atoms with Gasteiger partial charge in [-0.05, 0) is 13.3 Å². The van der Waals surface area contributed by atoms with Gasteiger partial charge in [0.2, 0.25) is 5.91 Å². The van der Waals surface area contributed by atoms with Crippen LogP contribution in [0.3, 0.4) is 0 Å². The molecule has 2 amide bonds. The number of nitrogens with zero attached hydrogens (tertiary/aromatic N) is 1. The number of amides is 2. The maximum Gasteiger partial charge on any atom is 0.251 e. The summed E-state index contributed by atoms with van der Waals surface area (Å²) in [6, 6.07) is -0.479. The van der Waals surface area contributed by atoms with Crippen molar-refractivity contribution in [2.75, 3.05) is 0 Å². The summed E-state index contributed by atoms with van der Waals surface area (Å²) in [6.07, 6.45) is 0.798. The van der Waals surface area contributed by atoms with Crippen LogP contribution in [0.2, 0.25) is 0 Å². The lowest BCUT2D eigenvalue weighted by molar-refractivity contribution is -0.133. The molecule has 5 nitrogen and oxygen atoms in total. The summed E-state index contributed by atoms with van der Waals surface area (Å²) in [5.41, 5.74) is 5.31. The Balaban J connectivity index is 2.63. The molecule has 0 saturated carbocycles. The number of piperidine rings is 1. The van der Waals surface area contributed by atoms with Crippen LogP contribution in [0.15, 0.2) is 4.99 Å². The highest BCUT2D eigenvalue weighted by atomic mass is 16.2. The van der Waals surface area contributed by atoms with Gasteiger partial charge in [0.1, 0.15) is 6.04 Å². The van der Waals surface area contributed by atoms with Crippen LogP contribution >= 0.6 is 0 Å². The minimum absolute atomic E-state index is 0.235. The van der Waals surface area contributed by atoms with Crippen molar-refractivity contribution in [3.05, 3.63) is 0 Å². The number of amidine groups is 1. The van der Waals surface area contributed by atoms with Gasteiger partial charge in [0.25, 0.3) is 5.91 Å². The average molecular weight is 169 g/mol. The molecule has 66 valence electrons. The summed E-state index contributed by atoms with van der Waals surface area (Å²) in [6.45, 7) is 1.61. The fourth-order valence-electron chi connectivity index (χ4n) is 1.05. The molecule has 0 aromatic carbocycles. The highest BCUT2D eigenvalue weighted by molar-refractivity contribution is 6.01. The van der Waals surface area contributed by atoms with Crippen molar-refractivity contribution in [1.29, 1.82) is 0 Å². The molecule has 12 heavy (non-hydrogen) atoms. The lowest BCUT2D eigenvalue weighted by atomic mass is 10.1. The van der Waals surface area contributed by atoms with E-state index in [1.807, 2.05) is 0 Å². The molecular formula is C7H11N3O2. The first-order chi connectivity index (χ1) is 5.59. The molecule has 0 aliphatic carbocycles. The molecule has 1 rings (SSSR count). The maximum atomic E-state index is 11.0. The van der Waals surface area contributed by atoms with Gasteiger partial charge < -0.3 is 5.73 Å². The largest absolute Gasteiger partial charge is 0.388 e. The van der Waals surface area contributed by atoms with Crippen LogP contribution in [-0.2, 0) is 9.59 Å². The van der Waals surface area contributed by atoms with Gasteiger partial charge in [-0.2, -0.15) is 0 Å². The summed E-state index contributed by atoms with van der Waals surface area (Å²) in [7, 11) is 0. The van der Waals surface area contributed by atoms with Gasteiger partial charge in [-0.1, -0.05) is 0 Å². The average Bonchev–Trinajstić information content (AvgIpc) is 1.94. The normalized spacial score (nSPS) is 25.4. The van der Waals surface area contributed by atoms with E-state index in [-0.39, 0.29) is 11.8 Å². The van der Waals surface area contributed by atoms with E-state index in [0.29, 0.717) is 18.7 Å². The van der Waals surface area contributed by atoms with Crippen LogP contribution in [0.25, 0.3) is 0 Å². The maximum absolute atomic E-state index is 11.0. The number of imide groups is 1. The number of hydrogen-bond acceptors (Lipinski definition) is 3. The predicted octanol–water partition coefficient (Wildman–Crippen LogP) is -0.831. The molecule has 1 unspecified atom stereocenters. The Morgan fingerprint density at radius 2 is 2.33 bits per heavy atom. The van der Waals surface area contributed by atoms with E-state index in [2.05, 4.69) is 10.3 Å². The van der Waals surface area contributed by atoms with Gasteiger partial charge in [0.05, 0.1) is 5.84 Å². The van der Waals surface area contributed by atoms with Gasteiger partial charge in [-0.3, -0.25) is 19.9 Å². The molecule has 0 aromatic heterocycles. The summed E-state index contributed by atoms with van der Waals surface area (Å²) in [5, 5.41) is 2.19. The molecular weight excluding hydrogens is 158 g/mol. The quantitative estimate of drug-likeness (QED) is 0.305. The Hall–Kier alpha value is -1.39. The van der Waals surface area contributed by atoms with Crippen LogP contribution < -0.4 is 11.1 Å². The molecule has 1 aliphatic rings. The molecule has 0 aromatic rings. The van der Waals surface area contributed by atoms with E-state index >= 15 is 0 Å². The van der Waals surface area contributed by atoms with Crippen molar-refractivity contribution in [2.24, 2.45) is 10.7 Å². The zero-order valence-electron chi connectivity index (χ0n) is 6.83. The van der Waals surface area contributed by atoms with E-state index in [9.17, 15) is 9.59 Å². The predicted molar refractivity (Wildman–Crippen MR) is 43.5 cm³/mol. The number of carbonyl (C=O) groups excluding carboxylic acids is 2. The summed E-state index contributed by atoms with van der Waals surface area (Å²) in [5.74, 6) is -0.221. The van der Waals surface area contributed by atoms with Gasteiger partial charge in [-0.25, -0.2) is 0 Å². The Labute approximate surface area is 70.0 Å². The van der Waals surface area contributed by atoms with Gasteiger partial charge in [0, 0.05) is 6.42 Å². The lowest BCUT2D eigenvalue weighted by Gasteiger charge is -2.17. The van der Waals surface area contributed by atoms with Crippen molar-refractivity contribution in [2.45, 2.75) is 25.8 Å². The van der Waals surface area contributed by atoms with Crippen molar-refractivity contribution < 1.29 is 9.59 Å². The van der Waals surface area contributed by atoms with Gasteiger partial charge >= 0.3 is 0 Å². The topological polar surface area (TPSA) is 84.5 Å². The second-order valence-corrected chi connectivity index (χ2v) is 2.74. The number of carbonyl (C=O) groups is 2. The molecule has 1 atom stereocenters. The van der Waals surface area contributed by atoms with Gasteiger partial charge in [0.15, 0.2) is 0 Å². The first-order valence-corrected chi connectivity index (χ1v) is 3.73. The third-order valence-electron chi connectivity index (χ3n) is 1.57. The third kappa shape index (κ3) is 2.05. The van der Waals surface area contributed by atoms with E-state index in [1.54, 1.807) is 6.92 Å². The van der Waals surface area contributed by atoms with E-state index < -0.39 is 6.04 Å². The van der Waals surface area contributed by atoms with E-state index in [1.165, 1.54) is 0 Å². The lowest BCUT2D eigenvalue weighted by Crippen LogP contribution is -2.43. The smallest absolute Gasteiger partial charge is 0.251 e. The fraction of sp³-hybridized carbons (Fsp3) is 0.571. The van der Waals surface area contributed by atoms with E-state index in [0.717, 1.165) is 0 Å². The summed E-state index contributed by atoms with van der Waals surface area (Å²) < 4.78 is 0. The van der Waals surface area contributed by atoms with Crippen LogP contribution in [0.1, 0.15) is 19.8 Å². The number of nitrogens with one attached hydrogen (secondary N) is 1. The fourth-order valence-corrected chi connectivity index (χ4v) is 1.05. The Kier molecular flexibility index (Phi) is 2.42. The molecule has 1 heterocycles. The molecule has 0 spiro atoms. The SMILES string of the molecule is CC(N)=NC1CCC(=O)NC1=O. The summed E-state index contributed by atoms with van der Waals surface area (Å²) in [4.78, 5) is 25.6. The van der Waals surface area contributed by atoms with Crippen LogP contribution in [0.5, 0.6) is 0 Å². The molecule has 1 saturated heterocycles. The van der Waals surface area contributed by atoms with Crippen molar-refractivity contribution in [3.63, 3.8) is 0 Å². The van der Waals surface area contributed by atoms with E-state index in [4.69, 9.17) is 5.73 Å². The van der Waals surface area contributed by atoms with Crippen LogP contribution in [0, 0.1) is 0 Å². The Bertz CT molecular complexity index is 243. The second-order valence-electron chi connectivity index (χ2n) is 2.74. The molecule has 0 radical (unpaired) electrons. The molecule has 5 heteroatoms. The third-order valence-corrected chi connectivity index (χ3v) is 1.57. The first kappa shape index (κ1) is 8.70. The van der Waals surface area contributed by atoms with Crippen molar-refractivity contribution >= 4 is 17.6 Å². The first-order valence-electron chi connectivity index (χ1n) is 3.73. The Morgan fingerprint density at radius 3 is 2.83 bits per heavy atom. The standard InChI is InChI=1S/C7H11N3O2/c1-4(8)9-5-2-3-6(11)10-7(5)12/h5H,2-3H2,1H3,(H2,8,9)(H,10,11,12). The highest BCUT2D eigenvalue weighted by Crippen LogP contribution is 2.07. The monoisotopic (exact) mass is 169 g/mol. The highest BCUT2D eigenvalue weighted by Gasteiger charge is 2.25.